The van der Waals surface area contributed by atoms with Crippen molar-refractivity contribution in [3.63, 3.8) is 0 Å². The quantitative estimate of drug-likeness (QED) is 0.802. The average molecular weight is 276 g/mol. The molecule has 0 saturated carbocycles. The van der Waals surface area contributed by atoms with E-state index in [2.05, 4.69) is 0 Å². The van der Waals surface area contributed by atoms with E-state index in [1.165, 1.54) is 12.1 Å². The van der Waals surface area contributed by atoms with Gasteiger partial charge >= 0.3 is 0 Å². The first-order valence-electron chi connectivity index (χ1n) is 5.36. The summed E-state index contributed by atoms with van der Waals surface area (Å²) in [6, 6.07) is 4.02. The Morgan fingerprint density at radius 2 is 2.11 bits per heavy atom. The van der Waals surface area contributed by atoms with Gasteiger partial charge in [-0.2, -0.15) is 0 Å². The Labute approximate surface area is 104 Å². The molecule has 2 atom stereocenters. The molecular formula is C11H13FO5S. The zero-order valence-electron chi connectivity index (χ0n) is 9.41. The highest BCUT2D eigenvalue weighted by atomic mass is 32.2. The fourth-order valence-electron chi connectivity index (χ4n) is 1.87. The van der Waals surface area contributed by atoms with Crippen LogP contribution in [0.4, 0.5) is 4.39 Å². The van der Waals surface area contributed by atoms with Gasteiger partial charge in [0.1, 0.15) is 12.2 Å². The van der Waals surface area contributed by atoms with Crippen LogP contribution in [0.1, 0.15) is 5.56 Å². The van der Waals surface area contributed by atoms with Crippen LogP contribution in [0.2, 0.25) is 0 Å². The zero-order valence-corrected chi connectivity index (χ0v) is 10.2. The molecule has 0 amide bonds. The Bertz CT molecular complexity index is 542. The topological polar surface area (TPSA) is 83.8 Å². The summed E-state index contributed by atoms with van der Waals surface area (Å²) >= 11 is 0. The predicted octanol–water partition coefficient (Wildman–Crippen LogP) is -0.145. The van der Waals surface area contributed by atoms with Crippen LogP contribution in [0, 0.1) is 5.82 Å². The number of halogens is 1. The third-order valence-corrected chi connectivity index (χ3v) is 4.45. The van der Waals surface area contributed by atoms with Gasteiger partial charge in [-0.3, -0.25) is 0 Å². The minimum Gasteiger partial charge on any atom is -0.483 e. The molecule has 1 heterocycles. The van der Waals surface area contributed by atoms with E-state index in [1.807, 2.05) is 0 Å². The van der Waals surface area contributed by atoms with Gasteiger partial charge in [-0.25, -0.2) is 12.8 Å². The molecule has 1 fully saturated rings. The molecule has 1 aromatic carbocycles. The molecule has 2 unspecified atom stereocenters. The van der Waals surface area contributed by atoms with Gasteiger partial charge in [-0.15, -0.1) is 0 Å². The zero-order chi connectivity index (χ0) is 13.3. The van der Waals surface area contributed by atoms with Crippen LogP contribution in [0.15, 0.2) is 18.2 Å². The van der Waals surface area contributed by atoms with Crippen LogP contribution in [0.25, 0.3) is 0 Å². The van der Waals surface area contributed by atoms with Crippen molar-refractivity contribution < 1.29 is 27.8 Å². The Morgan fingerprint density at radius 1 is 1.39 bits per heavy atom. The summed E-state index contributed by atoms with van der Waals surface area (Å²) in [5, 5.41) is 18.6. The number of aliphatic hydroxyl groups excluding tert-OH is 2. The van der Waals surface area contributed by atoms with Gasteiger partial charge in [0.2, 0.25) is 0 Å². The summed E-state index contributed by atoms with van der Waals surface area (Å²) in [6.07, 6.45) is -2.18. The highest BCUT2D eigenvalue weighted by Crippen LogP contribution is 2.27. The van der Waals surface area contributed by atoms with Gasteiger partial charge in [0, 0.05) is 5.56 Å². The number of hydrogen-bond acceptors (Lipinski definition) is 5. The third-order valence-electron chi connectivity index (χ3n) is 2.76. The van der Waals surface area contributed by atoms with Gasteiger partial charge < -0.3 is 14.9 Å². The summed E-state index contributed by atoms with van der Waals surface area (Å²) in [6.45, 7) is -0.428. The molecule has 0 aromatic heterocycles. The molecule has 2 N–H and O–H groups in total. The predicted molar refractivity (Wildman–Crippen MR) is 61.4 cm³/mol. The van der Waals surface area contributed by atoms with E-state index >= 15 is 0 Å². The Hall–Kier alpha value is -1.18. The largest absolute Gasteiger partial charge is 0.483 e. The lowest BCUT2D eigenvalue weighted by Crippen LogP contribution is -2.30. The summed E-state index contributed by atoms with van der Waals surface area (Å²) in [4.78, 5) is 0. The molecular weight excluding hydrogens is 263 g/mol. The number of benzene rings is 1. The molecule has 2 rings (SSSR count). The first-order valence-corrected chi connectivity index (χ1v) is 7.18. The van der Waals surface area contributed by atoms with Crippen LogP contribution in [-0.4, -0.2) is 42.3 Å². The molecule has 0 spiro atoms. The van der Waals surface area contributed by atoms with Gasteiger partial charge in [0.05, 0.1) is 18.1 Å². The molecule has 1 aromatic rings. The second-order valence-electron chi connectivity index (χ2n) is 4.19. The average Bonchev–Trinajstić information content (AvgIpc) is 2.54. The Morgan fingerprint density at radius 3 is 2.67 bits per heavy atom. The molecule has 5 nitrogen and oxygen atoms in total. The molecule has 0 bridgehead atoms. The second-order valence-corrected chi connectivity index (χ2v) is 6.34. The summed E-state index contributed by atoms with van der Waals surface area (Å²) in [7, 11) is -3.36. The first kappa shape index (κ1) is 13.3. The number of aliphatic hydroxyl groups is 2. The first-order chi connectivity index (χ1) is 8.43. The number of hydrogen-bond donors (Lipinski definition) is 2. The van der Waals surface area contributed by atoms with E-state index in [1.54, 1.807) is 0 Å². The van der Waals surface area contributed by atoms with E-state index < -0.39 is 34.5 Å². The maximum absolute atomic E-state index is 13.5. The van der Waals surface area contributed by atoms with Crippen LogP contribution >= 0.6 is 0 Å². The maximum Gasteiger partial charge on any atom is 0.165 e. The molecule has 0 radical (unpaired) electrons. The van der Waals surface area contributed by atoms with E-state index in [0.29, 0.717) is 0 Å². The molecule has 1 aliphatic heterocycles. The maximum atomic E-state index is 13.5. The van der Waals surface area contributed by atoms with Crippen LogP contribution in [-0.2, 0) is 16.4 Å². The smallest absolute Gasteiger partial charge is 0.165 e. The minimum atomic E-state index is -3.36. The van der Waals surface area contributed by atoms with Crippen molar-refractivity contribution >= 4 is 9.84 Å². The highest BCUT2D eigenvalue weighted by molar-refractivity contribution is 7.91. The van der Waals surface area contributed by atoms with E-state index in [0.717, 1.165) is 6.07 Å². The molecule has 0 aliphatic carbocycles. The number of sulfone groups is 1. The lowest BCUT2D eigenvalue weighted by molar-refractivity contribution is 0.0692. The van der Waals surface area contributed by atoms with Crippen molar-refractivity contribution in [3.05, 3.63) is 29.6 Å². The normalized spacial score (nSPS) is 26.2. The SMILES string of the molecule is O=S1(=O)CC(O)C(Oc2c(F)cccc2CO)C1. The Balaban J connectivity index is 2.25. The molecule has 1 aliphatic rings. The second kappa shape index (κ2) is 4.83. The summed E-state index contributed by atoms with van der Waals surface area (Å²) in [5.41, 5.74) is 0.214. The van der Waals surface area contributed by atoms with Crippen molar-refractivity contribution in [1.29, 1.82) is 0 Å². The third kappa shape index (κ3) is 2.63. The van der Waals surface area contributed by atoms with Gasteiger partial charge in [-0.1, -0.05) is 12.1 Å². The highest BCUT2D eigenvalue weighted by Gasteiger charge is 2.38. The van der Waals surface area contributed by atoms with Crippen molar-refractivity contribution in [2.75, 3.05) is 11.5 Å². The number of rotatable bonds is 3. The Kier molecular flexibility index (Phi) is 3.56. The van der Waals surface area contributed by atoms with Gasteiger partial charge in [0.15, 0.2) is 21.4 Å². The monoisotopic (exact) mass is 276 g/mol. The van der Waals surface area contributed by atoms with Crippen molar-refractivity contribution in [1.82, 2.24) is 0 Å². The van der Waals surface area contributed by atoms with Gasteiger partial charge in [0.25, 0.3) is 0 Å². The number of ether oxygens (including phenoxy) is 1. The summed E-state index contributed by atoms with van der Waals surface area (Å²) in [5.74, 6) is -1.65. The van der Waals surface area contributed by atoms with Crippen molar-refractivity contribution in [2.24, 2.45) is 0 Å². The summed E-state index contributed by atoms with van der Waals surface area (Å²) < 4.78 is 41.4. The minimum absolute atomic E-state index is 0.207. The van der Waals surface area contributed by atoms with E-state index in [-0.39, 0.29) is 22.8 Å². The van der Waals surface area contributed by atoms with E-state index in [9.17, 15) is 17.9 Å². The van der Waals surface area contributed by atoms with Crippen molar-refractivity contribution in [3.8, 4) is 5.75 Å². The fourth-order valence-corrected chi connectivity index (χ4v) is 3.53. The molecule has 100 valence electrons. The van der Waals surface area contributed by atoms with Gasteiger partial charge in [-0.05, 0) is 6.07 Å². The van der Waals surface area contributed by atoms with Crippen LogP contribution < -0.4 is 4.74 Å². The molecule has 18 heavy (non-hydrogen) atoms. The standard InChI is InChI=1S/C11H13FO5S/c12-8-3-1-2-7(4-13)11(8)17-10-6-18(15,16)5-9(10)14/h1-3,9-10,13-14H,4-6H2. The molecule has 1 saturated heterocycles. The van der Waals surface area contributed by atoms with E-state index in [4.69, 9.17) is 9.84 Å². The van der Waals surface area contributed by atoms with Crippen molar-refractivity contribution in [2.45, 2.75) is 18.8 Å². The number of para-hydroxylation sites is 1. The van der Waals surface area contributed by atoms with Crippen LogP contribution in [0.3, 0.4) is 0 Å². The lowest BCUT2D eigenvalue weighted by atomic mass is 10.2. The lowest BCUT2D eigenvalue weighted by Gasteiger charge is -2.18. The molecule has 7 heteroatoms. The van der Waals surface area contributed by atoms with Crippen LogP contribution in [0.5, 0.6) is 5.75 Å². The fraction of sp³-hybridized carbons (Fsp3) is 0.455.